The Labute approximate surface area is 222 Å². The zero-order valence-corrected chi connectivity index (χ0v) is 22.2. The number of ether oxygens (including phenoxy) is 1. The van der Waals surface area contributed by atoms with Crippen LogP contribution in [-0.2, 0) is 4.74 Å². The van der Waals surface area contributed by atoms with Gasteiger partial charge in [-0.15, -0.1) is 0 Å². The number of hydrogen-bond donors (Lipinski definition) is 1. The average molecular weight is 512 g/mol. The summed E-state index contributed by atoms with van der Waals surface area (Å²) in [6.07, 6.45) is 6.22. The lowest BCUT2D eigenvalue weighted by Gasteiger charge is -2.35. The number of anilines is 2. The van der Waals surface area contributed by atoms with Gasteiger partial charge in [0.1, 0.15) is 17.1 Å². The summed E-state index contributed by atoms with van der Waals surface area (Å²) in [6, 6.07) is 16.7. The smallest absolute Gasteiger partial charge is 0.410 e. The first-order chi connectivity index (χ1) is 18.2. The fourth-order valence-corrected chi connectivity index (χ4v) is 5.43. The van der Waals surface area contributed by atoms with E-state index < -0.39 is 5.60 Å². The van der Waals surface area contributed by atoms with Crippen LogP contribution in [0.1, 0.15) is 45.7 Å². The minimum atomic E-state index is -0.505. The van der Waals surface area contributed by atoms with Gasteiger partial charge in [0.05, 0.1) is 17.8 Å². The Morgan fingerprint density at radius 3 is 2.61 bits per heavy atom. The van der Waals surface area contributed by atoms with Crippen molar-refractivity contribution in [1.29, 1.82) is 0 Å². The third kappa shape index (κ3) is 4.64. The molecule has 0 radical (unpaired) electrons. The number of amides is 1. The Hall–Kier alpha value is -4.14. The number of carbonyl (C=O) groups is 1. The van der Waals surface area contributed by atoms with Crippen molar-refractivity contribution in [3.05, 3.63) is 72.7 Å². The quantitative estimate of drug-likeness (QED) is 0.396. The highest BCUT2D eigenvalue weighted by atomic mass is 16.6. The van der Waals surface area contributed by atoms with Gasteiger partial charge in [-0.05, 0) is 51.8 Å². The standard InChI is InChI=1S/C29H33N7O2/c1-19(20-8-6-5-7-9-20)32-25-14-21(10-11-30-25)24-16-26-31-12-13-34(26)27(33-24)35-17-23-15-22(35)18-36(23)28(37)38-29(2,3)4/h5-14,16,19,22-23H,15,17-18H2,1-4H3,(H,30,32). The van der Waals surface area contributed by atoms with Gasteiger partial charge in [0, 0.05) is 49.4 Å². The van der Waals surface area contributed by atoms with Gasteiger partial charge in [0.15, 0.2) is 0 Å². The van der Waals surface area contributed by atoms with Crippen molar-refractivity contribution in [3.8, 4) is 11.3 Å². The van der Waals surface area contributed by atoms with E-state index in [9.17, 15) is 4.79 Å². The van der Waals surface area contributed by atoms with Crippen LogP contribution in [0, 0.1) is 0 Å². The topological polar surface area (TPSA) is 87.9 Å². The van der Waals surface area contributed by atoms with Crippen LogP contribution >= 0.6 is 0 Å². The van der Waals surface area contributed by atoms with Gasteiger partial charge in [0.2, 0.25) is 5.95 Å². The summed E-state index contributed by atoms with van der Waals surface area (Å²) in [6.45, 7) is 9.17. The molecule has 1 aromatic carbocycles. The molecule has 0 aliphatic carbocycles. The number of piperazine rings is 1. The number of carbonyl (C=O) groups excluding carboxylic acids is 1. The molecule has 3 unspecified atom stereocenters. The fourth-order valence-electron chi connectivity index (χ4n) is 5.43. The maximum Gasteiger partial charge on any atom is 0.410 e. The molecule has 2 bridgehead atoms. The first kappa shape index (κ1) is 24.2. The number of fused-ring (bicyclic) bond motifs is 3. The summed E-state index contributed by atoms with van der Waals surface area (Å²) in [7, 11) is 0. The highest BCUT2D eigenvalue weighted by Gasteiger charge is 2.47. The predicted octanol–water partition coefficient (Wildman–Crippen LogP) is 5.16. The molecule has 38 heavy (non-hydrogen) atoms. The van der Waals surface area contributed by atoms with E-state index in [2.05, 4.69) is 39.2 Å². The summed E-state index contributed by atoms with van der Waals surface area (Å²) >= 11 is 0. The number of nitrogens with zero attached hydrogens (tertiary/aromatic N) is 6. The molecule has 9 nitrogen and oxygen atoms in total. The van der Waals surface area contributed by atoms with Crippen LogP contribution in [0.4, 0.5) is 16.6 Å². The molecule has 5 heterocycles. The maximum atomic E-state index is 12.7. The third-order valence-electron chi connectivity index (χ3n) is 7.22. The first-order valence-corrected chi connectivity index (χ1v) is 13.1. The Balaban J connectivity index is 1.26. The van der Waals surface area contributed by atoms with E-state index in [-0.39, 0.29) is 24.2 Å². The molecule has 1 amide bonds. The molecule has 4 aromatic rings. The van der Waals surface area contributed by atoms with Crippen molar-refractivity contribution < 1.29 is 9.53 Å². The van der Waals surface area contributed by atoms with Crippen LogP contribution in [-0.4, -0.2) is 61.1 Å². The highest BCUT2D eigenvalue weighted by molar-refractivity contribution is 5.71. The number of benzene rings is 1. The molecular weight excluding hydrogens is 478 g/mol. The molecule has 2 saturated heterocycles. The van der Waals surface area contributed by atoms with Crippen LogP contribution in [0.3, 0.4) is 0 Å². The summed E-state index contributed by atoms with van der Waals surface area (Å²) in [5.74, 6) is 1.63. The molecule has 2 fully saturated rings. The number of imidazole rings is 1. The van der Waals surface area contributed by atoms with Gasteiger partial charge in [-0.2, -0.15) is 0 Å². The van der Waals surface area contributed by atoms with Crippen LogP contribution in [0.25, 0.3) is 16.9 Å². The van der Waals surface area contributed by atoms with E-state index >= 15 is 0 Å². The number of aromatic nitrogens is 4. The zero-order chi connectivity index (χ0) is 26.4. The van der Waals surface area contributed by atoms with Crippen molar-refractivity contribution in [2.45, 2.75) is 57.8 Å². The maximum absolute atomic E-state index is 12.7. The first-order valence-electron chi connectivity index (χ1n) is 13.1. The van der Waals surface area contributed by atoms with E-state index in [1.807, 2.05) is 78.9 Å². The Bertz CT molecular complexity index is 1460. The van der Waals surface area contributed by atoms with Crippen LogP contribution in [0.2, 0.25) is 0 Å². The number of nitrogens with one attached hydrogen (secondary N) is 1. The monoisotopic (exact) mass is 511 g/mol. The largest absolute Gasteiger partial charge is 0.444 e. The molecule has 3 atom stereocenters. The van der Waals surface area contributed by atoms with Crippen LogP contribution < -0.4 is 10.2 Å². The molecule has 9 heteroatoms. The minimum absolute atomic E-state index is 0.107. The zero-order valence-electron chi connectivity index (χ0n) is 22.2. The predicted molar refractivity (Wildman–Crippen MR) is 147 cm³/mol. The van der Waals surface area contributed by atoms with Crippen molar-refractivity contribution in [3.63, 3.8) is 0 Å². The summed E-state index contributed by atoms with van der Waals surface area (Å²) in [5.41, 5.74) is 3.33. The minimum Gasteiger partial charge on any atom is -0.444 e. The van der Waals surface area contributed by atoms with Crippen LogP contribution in [0.5, 0.6) is 0 Å². The van der Waals surface area contributed by atoms with Gasteiger partial charge in [-0.1, -0.05) is 30.3 Å². The van der Waals surface area contributed by atoms with E-state index in [1.165, 1.54) is 5.56 Å². The lowest BCUT2D eigenvalue weighted by molar-refractivity contribution is 0.0214. The Morgan fingerprint density at radius 1 is 1.05 bits per heavy atom. The number of hydrogen-bond acceptors (Lipinski definition) is 7. The van der Waals surface area contributed by atoms with Gasteiger partial charge >= 0.3 is 6.09 Å². The molecule has 2 aliphatic heterocycles. The average Bonchev–Trinajstić information content (AvgIpc) is 3.64. The molecule has 6 rings (SSSR count). The van der Waals surface area contributed by atoms with Crippen molar-refractivity contribution >= 4 is 23.5 Å². The van der Waals surface area contributed by atoms with Crippen molar-refractivity contribution in [2.75, 3.05) is 23.3 Å². The number of likely N-dealkylation sites (tertiary alicyclic amines) is 1. The molecule has 2 aliphatic rings. The molecular formula is C29H33N7O2. The summed E-state index contributed by atoms with van der Waals surface area (Å²) < 4.78 is 7.67. The van der Waals surface area contributed by atoms with E-state index in [0.29, 0.717) is 13.1 Å². The molecule has 196 valence electrons. The second-order valence-electron chi connectivity index (χ2n) is 11.1. The van der Waals surface area contributed by atoms with E-state index in [0.717, 1.165) is 35.1 Å². The lowest BCUT2D eigenvalue weighted by Crippen LogP contribution is -2.50. The SMILES string of the molecule is CC(Nc1cc(-c2cc3nccn3c(N3CC4CC3CN4C(=O)OC(C)(C)C)n2)ccn1)c1ccccc1. The molecule has 0 spiro atoms. The number of rotatable bonds is 5. The normalized spacial score (nSPS) is 19.7. The second-order valence-corrected chi connectivity index (χ2v) is 11.1. The second kappa shape index (κ2) is 9.31. The Morgan fingerprint density at radius 2 is 1.87 bits per heavy atom. The van der Waals surface area contributed by atoms with Crippen LogP contribution in [0.15, 0.2) is 67.1 Å². The molecule has 3 aromatic heterocycles. The molecule has 0 saturated carbocycles. The third-order valence-corrected chi connectivity index (χ3v) is 7.22. The Kier molecular flexibility index (Phi) is 5.93. The summed E-state index contributed by atoms with van der Waals surface area (Å²) in [5, 5.41) is 3.50. The lowest BCUT2D eigenvalue weighted by atomic mass is 10.1. The van der Waals surface area contributed by atoms with Gasteiger partial charge in [0.25, 0.3) is 0 Å². The van der Waals surface area contributed by atoms with Crippen molar-refractivity contribution in [1.82, 2.24) is 24.3 Å². The van der Waals surface area contributed by atoms with Gasteiger partial charge < -0.3 is 19.9 Å². The molecule has 1 N–H and O–H groups in total. The van der Waals surface area contributed by atoms with Gasteiger partial charge in [-0.25, -0.2) is 19.7 Å². The van der Waals surface area contributed by atoms with Crippen molar-refractivity contribution in [2.24, 2.45) is 0 Å². The summed E-state index contributed by atoms with van der Waals surface area (Å²) in [4.78, 5) is 31.2. The fraction of sp³-hybridized carbons (Fsp3) is 0.379. The number of pyridine rings is 1. The van der Waals surface area contributed by atoms with E-state index in [4.69, 9.17) is 9.72 Å². The van der Waals surface area contributed by atoms with Gasteiger partial charge in [-0.3, -0.25) is 4.40 Å². The highest BCUT2D eigenvalue weighted by Crippen LogP contribution is 2.36. The van der Waals surface area contributed by atoms with E-state index in [1.54, 1.807) is 6.20 Å².